The maximum atomic E-state index is 13.0. The van der Waals surface area contributed by atoms with E-state index in [9.17, 15) is 4.79 Å². The van der Waals surface area contributed by atoms with Gasteiger partial charge in [-0.3, -0.25) is 9.89 Å². The lowest BCUT2D eigenvalue weighted by Crippen LogP contribution is -2.26. The Balaban J connectivity index is 1.14. The van der Waals surface area contributed by atoms with Crippen molar-refractivity contribution in [3.05, 3.63) is 87.8 Å². The van der Waals surface area contributed by atoms with Crippen LogP contribution in [0, 0.1) is 5.41 Å². The summed E-state index contributed by atoms with van der Waals surface area (Å²) in [4.78, 5) is 15.4. The number of allylic oxidation sites excluding steroid dienone is 1. The van der Waals surface area contributed by atoms with Gasteiger partial charge in [-0.15, -0.1) is 0 Å². The predicted octanol–water partition coefficient (Wildman–Crippen LogP) is 4.55. The van der Waals surface area contributed by atoms with Crippen molar-refractivity contribution in [2.75, 3.05) is 20.7 Å². The summed E-state index contributed by atoms with van der Waals surface area (Å²) >= 11 is 0. The fourth-order valence-electron chi connectivity index (χ4n) is 6.40. The molecule has 182 valence electrons. The van der Waals surface area contributed by atoms with E-state index in [2.05, 4.69) is 76.0 Å². The van der Waals surface area contributed by atoms with E-state index < -0.39 is 5.41 Å². The van der Waals surface area contributed by atoms with Crippen molar-refractivity contribution in [3.63, 3.8) is 0 Å². The average molecular weight is 479 g/mol. The largest absolute Gasteiger partial charge is 0.377 e. The monoisotopic (exact) mass is 478 g/mol. The van der Waals surface area contributed by atoms with Crippen LogP contribution in [0.3, 0.4) is 0 Å². The summed E-state index contributed by atoms with van der Waals surface area (Å²) in [6, 6.07) is 13.2. The van der Waals surface area contributed by atoms with Gasteiger partial charge in [0.05, 0.1) is 22.7 Å². The molecule has 1 aromatic heterocycles. The molecule has 3 heterocycles. The predicted molar refractivity (Wildman–Crippen MR) is 141 cm³/mol. The molecule has 1 spiro atoms. The molecule has 2 aromatic carbocycles. The molecule has 2 aliphatic carbocycles. The first kappa shape index (κ1) is 21.8. The Hall–Kier alpha value is -3.48. The number of likely N-dealkylation sites (N-methyl/N-ethyl adjacent to an activating group) is 1. The molecule has 3 aromatic rings. The number of H-pyrrole nitrogens is 1. The Bertz CT molecular complexity index is 1500. The van der Waals surface area contributed by atoms with Crippen molar-refractivity contribution in [3.8, 4) is 0 Å². The van der Waals surface area contributed by atoms with Crippen molar-refractivity contribution in [2.45, 2.75) is 37.8 Å². The summed E-state index contributed by atoms with van der Waals surface area (Å²) in [7, 11) is 3.90. The number of benzene rings is 2. The lowest BCUT2D eigenvalue weighted by molar-refractivity contribution is -0.123. The van der Waals surface area contributed by atoms with E-state index in [0.717, 1.165) is 54.6 Å². The number of aromatic amines is 1. The third-order valence-electron chi connectivity index (χ3n) is 8.55. The summed E-state index contributed by atoms with van der Waals surface area (Å²) < 4.78 is 5.56. The van der Waals surface area contributed by atoms with Crippen LogP contribution in [0.15, 0.2) is 59.8 Å². The SMILES string of the molecule is COC1C=CC2=C(C1)[C@]1(C[C@H]1c1ccc3c(/C=C/c4ccc5c(c4)CCN(C)C5)n[nH]c3c1)C(=O)N2. The Labute approximate surface area is 210 Å². The van der Waals surface area contributed by atoms with Gasteiger partial charge in [-0.1, -0.05) is 42.5 Å². The number of ether oxygens (including phenoxy) is 1. The van der Waals surface area contributed by atoms with Crippen LogP contribution in [-0.2, 0) is 22.5 Å². The number of nitrogens with zero attached hydrogens (tertiary/aromatic N) is 2. The van der Waals surface area contributed by atoms with Crippen LogP contribution < -0.4 is 5.32 Å². The summed E-state index contributed by atoms with van der Waals surface area (Å²) in [5.74, 6) is 0.319. The second kappa shape index (κ2) is 8.02. The van der Waals surface area contributed by atoms with E-state index in [0.29, 0.717) is 0 Å². The molecule has 1 saturated carbocycles. The molecule has 6 nitrogen and oxygen atoms in total. The Morgan fingerprint density at radius 2 is 2.08 bits per heavy atom. The molecule has 0 bridgehead atoms. The van der Waals surface area contributed by atoms with Gasteiger partial charge in [0.15, 0.2) is 0 Å². The van der Waals surface area contributed by atoms with Crippen LogP contribution in [0.1, 0.15) is 46.7 Å². The molecule has 2 aliphatic heterocycles. The lowest BCUT2D eigenvalue weighted by Gasteiger charge is -2.25. The number of hydrogen-bond acceptors (Lipinski definition) is 4. The molecule has 1 amide bonds. The van der Waals surface area contributed by atoms with Gasteiger partial charge in [-0.2, -0.15) is 5.10 Å². The third-order valence-corrected chi connectivity index (χ3v) is 8.55. The van der Waals surface area contributed by atoms with Crippen LogP contribution in [0.5, 0.6) is 0 Å². The summed E-state index contributed by atoms with van der Waals surface area (Å²) in [5.41, 5.74) is 8.97. The first-order chi connectivity index (χ1) is 17.5. The number of carbonyl (C=O) groups excluding carboxylic acids is 1. The molecule has 0 radical (unpaired) electrons. The second-order valence-electron chi connectivity index (χ2n) is 10.7. The quantitative estimate of drug-likeness (QED) is 0.577. The van der Waals surface area contributed by atoms with Crippen molar-refractivity contribution in [2.24, 2.45) is 5.41 Å². The lowest BCUT2D eigenvalue weighted by atomic mass is 9.85. The molecule has 2 N–H and O–H groups in total. The Morgan fingerprint density at radius 1 is 1.17 bits per heavy atom. The number of carbonyl (C=O) groups is 1. The van der Waals surface area contributed by atoms with Gasteiger partial charge >= 0.3 is 0 Å². The molecule has 1 fully saturated rings. The van der Waals surface area contributed by atoms with Gasteiger partial charge < -0.3 is 15.0 Å². The zero-order valence-corrected chi connectivity index (χ0v) is 20.7. The van der Waals surface area contributed by atoms with E-state index in [1.54, 1.807) is 7.11 Å². The average Bonchev–Trinajstić information content (AvgIpc) is 3.44. The summed E-state index contributed by atoms with van der Waals surface area (Å²) in [5, 5.41) is 12.0. The van der Waals surface area contributed by atoms with Crippen LogP contribution in [0.4, 0.5) is 0 Å². The van der Waals surface area contributed by atoms with Crippen molar-refractivity contribution < 1.29 is 9.53 Å². The zero-order valence-electron chi connectivity index (χ0n) is 20.7. The Morgan fingerprint density at radius 3 is 2.97 bits per heavy atom. The normalized spacial score (nSPS) is 27.2. The maximum absolute atomic E-state index is 13.0. The highest BCUT2D eigenvalue weighted by atomic mass is 16.5. The number of fused-ring (bicyclic) bond motifs is 3. The van der Waals surface area contributed by atoms with Crippen molar-refractivity contribution in [1.29, 1.82) is 0 Å². The number of amides is 1. The Kier molecular flexibility index (Phi) is 4.85. The van der Waals surface area contributed by atoms with Gasteiger partial charge in [0.25, 0.3) is 0 Å². The second-order valence-corrected chi connectivity index (χ2v) is 10.7. The van der Waals surface area contributed by atoms with Gasteiger partial charge in [0, 0.05) is 43.6 Å². The number of methoxy groups -OCH3 is 1. The van der Waals surface area contributed by atoms with Gasteiger partial charge in [-0.05, 0) is 65.9 Å². The minimum absolute atomic E-state index is 0.0375. The van der Waals surface area contributed by atoms with E-state index in [1.165, 1.54) is 27.8 Å². The molecule has 3 atom stereocenters. The summed E-state index contributed by atoms with van der Waals surface area (Å²) in [6.45, 7) is 2.14. The van der Waals surface area contributed by atoms with Crippen LogP contribution in [0.2, 0.25) is 0 Å². The van der Waals surface area contributed by atoms with E-state index in [4.69, 9.17) is 4.74 Å². The number of hydrogen-bond donors (Lipinski definition) is 2. The van der Waals surface area contributed by atoms with Gasteiger partial charge in [-0.25, -0.2) is 0 Å². The minimum Gasteiger partial charge on any atom is -0.377 e. The first-order valence-electron chi connectivity index (χ1n) is 12.8. The van der Waals surface area contributed by atoms with Crippen LogP contribution in [0.25, 0.3) is 23.1 Å². The molecule has 6 heteroatoms. The smallest absolute Gasteiger partial charge is 0.235 e. The van der Waals surface area contributed by atoms with Crippen LogP contribution >= 0.6 is 0 Å². The standard InChI is InChI=1S/C30H30N4O2/c1-34-12-11-19-13-18(3-5-21(19)17-34)4-9-26-23-8-6-20(14-28(23)33-32-26)25-16-30(25)24-15-22(36-2)7-10-27(24)31-29(30)35/h3-10,13-14,22,25H,11-12,15-17H2,1-2H3,(H,31,35)(H,32,33)/b9-4+/t22?,25-,30-/m0/s1. The number of nitrogens with one attached hydrogen (secondary N) is 2. The van der Waals surface area contributed by atoms with Crippen molar-refractivity contribution >= 4 is 29.0 Å². The van der Waals surface area contributed by atoms with Crippen LogP contribution in [-0.4, -0.2) is 47.8 Å². The maximum Gasteiger partial charge on any atom is 0.235 e. The van der Waals surface area contributed by atoms with Gasteiger partial charge in [0.1, 0.15) is 0 Å². The highest BCUT2D eigenvalue weighted by Gasteiger charge is 2.66. The highest BCUT2D eigenvalue weighted by molar-refractivity contribution is 5.97. The fourth-order valence-corrected chi connectivity index (χ4v) is 6.40. The molecular formula is C30H30N4O2. The zero-order chi connectivity index (χ0) is 24.4. The minimum atomic E-state index is -0.422. The summed E-state index contributed by atoms with van der Waals surface area (Å²) in [6.07, 6.45) is 11.0. The van der Waals surface area contributed by atoms with E-state index >= 15 is 0 Å². The van der Waals surface area contributed by atoms with Crippen molar-refractivity contribution in [1.82, 2.24) is 20.4 Å². The van der Waals surface area contributed by atoms with Gasteiger partial charge in [0.2, 0.25) is 5.91 Å². The number of aromatic nitrogens is 2. The van der Waals surface area contributed by atoms with E-state index in [-0.39, 0.29) is 17.9 Å². The highest BCUT2D eigenvalue weighted by Crippen LogP contribution is 2.67. The molecular weight excluding hydrogens is 448 g/mol. The molecule has 7 rings (SSSR count). The fraction of sp³-hybridized carbons (Fsp3) is 0.333. The third kappa shape index (κ3) is 3.32. The molecule has 1 unspecified atom stereocenters. The molecule has 0 saturated heterocycles. The molecule has 36 heavy (non-hydrogen) atoms. The topological polar surface area (TPSA) is 70.2 Å². The number of rotatable bonds is 4. The molecule has 4 aliphatic rings. The van der Waals surface area contributed by atoms with E-state index in [1.807, 2.05) is 12.2 Å². The first-order valence-corrected chi connectivity index (χ1v) is 12.8.